The molecule has 0 amide bonds. The van der Waals surface area contributed by atoms with Crippen molar-refractivity contribution in [2.45, 2.75) is 0 Å². The maximum absolute atomic E-state index is 11.9. The van der Waals surface area contributed by atoms with Gasteiger partial charge in [0.05, 0.1) is 10.0 Å². The van der Waals surface area contributed by atoms with E-state index < -0.39 is 0 Å². The van der Waals surface area contributed by atoms with Crippen molar-refractivity contribution in [2.75, 3.05) is 5.32 Å². The monoisotopic (exact) mass is 291 g/mol. The lowest BCUT2D eigenvalue weighted by atomic mass is 10.1. The van der Waals surface area contributed by atoms with E-state index in [9.17, 15) is 4.79 Å². The first-order valence-corrected chi connectivity index (χ1v) is 6.40. The van der Waals surface area contributed by atoms with Crippen molar-refractivity contribution in [2.24, 2.45) is 0 Å². The Morgan fingerprint density at radius 1 is 1.00 bits per heavy atom. The van der Waals surface area contributed by atoms with Crippen LogP contribution in [0.3, 0.4) is 0 Å². The molecule has 2 nitrogen and oxygen atoms in total. The van der Waals surface area contributed by atoms with Crippen LogP contribution >= 0.6 is 23.2 Å². The van der Waals surface area contributed by atoms with Crippen molar-refractivity contribution in [3.63, 3.8) is 0 Å². The molecule has 96 valence electrons. The third-order valence-electron chi connectivity index (χ3n) is 2.46. The number of para-hydroxylation sites is 1. The summed E-state index contributed by atoms with van der Waals surface area (Å²) < 4.78 is 0. The smallest absolute Gasteiger partial charge is 0.187 e. The molecule has 0 aromatic heterocycles. The molecule has 2 aromatic carbocycles. The van der Waals surface area contributed by atoms with Gasteiger partial charge in [-0.05, 0) is 30.3 Å². The van der Waals surface area contributed by atoms with E-state index in [1.807, 2.05) is 30.3 Å². The van der Waals surface area contributed by atoms with Crippen LogP contribution in [-0.2, 0) is 0 Å². The molecule has 0 atom stereocenters. The Hall–Kier alpha value is -1.77. The summed E-state index contributed by atoms with van der Waals surface area (Å²) in [5.41, 5.74) is 1.42. The molecule has 0 saturated carbocycles. The Morgan fingerprint density at radius 2 is 1.74 bits per heavy atom. The number of anilines is 1. The van der Waals surface area contributed by atoms with Crippen molar-refractivity contribution >= 4 is 34.7 Å². The zero-order valence-electron chi connectivity index (χ0n) is 9.94. The standard InChI is InChI=1S/C15H11Cl2NO/c16-13-7-6-11(10-14(13)17)15(19)8-9-18-12-4-2-1-3-5-12/h1-10,18H. The highest BCUT2D eigenvalue weighted by Crippen LogP contribution is 2.22. The Labute approximate surface area is 121 Å². The minimum atomic E-state index is -0.137. The summed E-state index contributed by atoms with van der Waals surface area (Å²) in [7, 11) is 0. The summed E-state index contributed by atoms with van der Waals surface area (Å²) in [4.78, 5) is 11.9. The fourth-order valence-corrected chi connectivity index (χ4v) is 1.79. The van der Waals surface area contributed by atoms with Crippen LogP contribution in [0.15, 0.2) is 60.8 Å². The summed E-state index contributed by atoms with van der Waals surface area (Å²) >= 11 is 11.7. The third kappa shape index (κ3) is 3.85. The number of nitrogens with one attached hydrogen (secondary N) is 1. The molecule has 4 heteroatoms. The second-order valence-electron chi connectivity index (χ2n) is 3.84. The van der Waals surface area contributed by atoms with Crippen LogP contribution in [0.2, 0.25) is 10.0 Å². The van der Waals surface area contributed by atoms with Gasteiger partial charge in [0.2, 0.25) is 0 Å². The largest absolute Gasteiger partial charge is 0.362 e. The van der Waals surface area contributed by atoms with Gasteiger partial charge in [-0.2, -0.15) is 0 Å². The molecule has 0 aliphatic rings. The van der Waals surface area contributed by atoms with E-state index in [4.69, 9.17) is 23.2 Å². The topological polar surface area (TPSA) is 29.1 Å². The van der Waals surface area contributed by atoms with E-state index in [-0.39, 0.29) is 5.78 Å². The number of hydrogen-bond donors (Lipinski definition) is 1. The minimum absolute atomic E-state index is 0.137. The number of halogens is 2. The number of carbonyl (C=O) groups is 1. The van der Waals surface area contributed by atoms with E-state index in [1.165, 1.54) is 6.08 Å². The van der Waals surface area contributed by atoms with Crippen molar-refractivity contribution in [1.29, 1.82) is 0 Å². The van der Waals surface area contributed by atoms with E-state index >= 15 is 0 Å². The predicted octanol–water partition coefficient (Wildman–Crippen LogP) is 4.80. The number of allylic oxidation sites excluding steroid dienone is 1. The average Bonchev–Trinajstić information content (AvgIpc) is 2.43. The molecule has 0 heterocycles. The summed E-state index contributed by atoms with van der Waals surface area (Å²) in [6, 6.07) is 14.4. The van der Waals surface area contributed by atoms with E-state index in [0.717, 1.165) is 5.69 Å². The number of benzene rings is 2. The lowest BCUT2D eigenvalue weighted by Crippen LogP contribution is -1.96. The maximum atomic E-state index is 11.9. The Bertz CT molecular complexity index is 609. The molecule has 19 heavy (non-hydrogen) atoms. The van der Waals surface area contributed by atoms with E-state index in [2.05, 4.69) is 5.32 Å². The second kappa shape index (κ2) is 6.41. The first-order chi connectivity index (χ1) is 9.16. The molecule has 0 radical (unpaired) electrons. The average molecular weight is 292 g/mol. The zero-order valence-corrected chi connectivity index (χ0v) is 11.4. The van der Waals surface area contributed by atoms with Gasteiger partial charge in [0.15, 0.2) is 5.78 Å². The lowest BCUT2D eigenvalue weighted by molar-refractivity contribution is 0.104. The highest BCUT2D eigenvalue weighted by molar-refractivity contribution is 6.42. The molecule has 0 fully saturated rings. The molecule has 2 rings (SSSR count). The molecule has 1 N–H and O–H groups in total. The molecule has 0 aliphatic carbocycles. The fraction of sp³-hybridized carbons (Fsp3) is 0. The first kappa shape index (κ1) is 13.7. The fourth-order valence-electron chi connectivity index (χ4n) is 1.49. The van der Waals surface area contributed by atoms with Gasteiger partial charge in [-0.25, -0.2) is 0 Å². The summed E-state index contributed by atoms with van der Waals surface area (Å²) in [6.07, 6.45) is 3.05. The Morgan fingerprint density at radius 3 is 2.42 bits per heavy atom. The van der Waals surface area contributed by atoms with Gasteiger partial charge >= 0.3 is 0 Å². The number of rotatable bonds is 4. The van der Waals surface area contributed by atoms with E-state index in [0.29, 0.717) is 15.6 Å². The molecule has 0 spiro atoms. The maximum Gasteiger partial charge on any atom is 0.187 e. The quantitative estimate of drug-likeness (QED) is 0.647. The van der Waals surface area contributed by atoms with Crippen LogP contribution in [0.25, 0.3) is 0 Å². The van der Waals surface area contributed by atoms with E-state index in [1.54, 1.807) is 24.4 Å². The normalized spacial score (nSPS) is 10.6. The van der Waals surface area contributed by atoms with Crippen molar-refractivity contribution in [1.82, 2.24) is 0 Å². The van der Waals surface area contributed by atoms with Crippen LogP contribution in [0, 0.1) is 0 Å². The Balaban J connectivity index is 2.02. The van der Waals surface area contributed by atoms with Gasteiger partial charge in [0.25, 0.3) is 0 Å². The number of hydrogen-bond acceptors (Lipinski definition) is 2. The summed E-state index contributed by atoms with van der Waals surface area (Å²) in [5.74, 6) is -0.137. The summed E-state index contributed by atoms with van der Waals surface area (Å²) in [5, 5.41) is 3.82. The molecule has 0 aliphatic heterocycles. The SMILES string of the molecule is O=C(C=CNc1ccccc1)c1ccc(Cl)c(Cl)c1. The predicted molar refractivity (Wildman–Crippen MR) is 80.0 cm³/mol. The molecule has 0 bridgehead atoms. The van der Waals surface area contributed by atoms with Gasteiger partial charge in [0, 0.05) is 23.5 Å². The van der Waals surface area contributed by atoms with Gasteiger partial charge in [-0.15, -0.1) is 0 Å². The lowest BCUT2D eigenvalue weighted by Gasteiger charge is -2.00. The van der Waals surface area contributed by atoms with Crippen LogP contribution in [0.5, 0.6) is 0 Å². The van der Waals surface area contributed by atoms with Crippen molar-refractivity contribution in [3.05, 3.63) is 76.4 Å². The zero-order chi connectivity index (χ0) is 13.7. The Kier molecular flexibility index (Phi) is 4.61. The van der Waals surface area contributed by atoms with Crippen molar-refractivity contribution in [3.8, 4) is 0 Å². The van der Waals surface area contributed by atoms with Crippen molar-refractivity contribution < 1.29 is 4.79 Å². The number of carbonyl (C=O) groups excluding carboxylic acids is 1. The van der Waals surface area contributed by atoms with Crippen LogP contribution in [0.4, 0.5) is 5.69 Å². The molecule has 0 unspecified atom stereocenters. The van der Waals surface area contributed by atoms with Gasteiger partial charge in [-0.1, -0.05) is 41.4 Å². The highest BCUT2D eigenvalue weighted by Gasteiger charge is 2.04. The molecular weight excluding hydrogens is 281 g/mol. The van der Waals surface area contributed by atoms with Gasteiger partial charge < -0.3 is 5.32 Å². The summed E-state index contributed by atoms with van der Waals surface area (Å²) in [6.45, 7) is 0. The molecule has 0 saturated heterocycles. The minimum Gasteiger partial charge on any atom is -0.362 e. The second-order valence-corrected chi connectivity index (χ2v) is 4.65. The molecular formula is C15H11Cl2NO. The molecule has 2 aromatic rings. The van der Waals surface area contributed by atoms with Crippen LogP contribution in [0.1, 0.15) is 10.4 Å². The highest BCUT2D eigenvalue weighted by atomic mass is 35.5. The third-order valence-corrected chi connectivity index (χ3v) is 3.20. The van der Waals surface area contributed by atoms with Crippen LogP contribution < -0.4 is 5.32 Å². The number of ketones is 1. The first-order valence-electron chi connectivity index (χ1n) is 5.64. The van der Waals surface area contributed by atoms with Gasteiger partial charge in [0.1, 0.15) is 0 Å². The van der Waals surface area contributed by atoms with Crippen LogP contribution in [-0.4, -0.2) is 5.78 Å². The van der Waals surface area contributed by atoms with Gasteiger partial charge in [-0.3, -0.25) is 4.79 Å².